The highest BCUT2D eigenvalue weighted by Crippen LogP contribution is 2.31. The summed E-state index contributed by atoms with van der Waals surface area (Å²) in [6.45, 7) is 2.07. The van der Waals surface area contributed by atoms with Crippen molar-refractivity contribution in [3.63, 3.8) is 0 Å². The molecule has 2 heterocycles. The summed E-state index contributed by atoms with van der Waals surface area (Å²) in [6.07, 6.45) is 0.917. The molecule has 2 aromatic heterocycles. The van der Waals surface area contributed by atoms with Crippen molar-refractivity contribution in [3.8, 4) is 0 Å². The standard InChI is InChI=1S/C14H13FN4S/c1-2-8-7-9-12(18-14(16)19-13(9)20-8)17-11-6-4-3-5-10(11)15/h3-7H,2H2,1H3,(H3,16,17,18,19). The first kappa shape index (κ1) is 12.8. The highest BCUT2D eigenvalue weighted by atomic mass is 32.1. The van der Waals surface area contributed by atoms with Crippen molar-refractivity contribution in [3.05, 3.63) is 41.0 Å². The Morgan fingerprint density at radius 1 is 1.30 bits per heavy atom. The molecule has 0 atom stereocenters. The zero-order valence-corrected chi connectivity index (χ0v) is 11.7. The van der Waals surface area contributed by atoms with E-state index in [0.717, 1.165) is 16.6 Å². The lowest BCUT2D eigenvalue weighted by Gasteiger charge is -2.08. The summed E-state index contributed by atoms with van der Waals surface area (Å²) in [5.41, 5.74) is 6.09. The number of nitrogens with two attached hydrogens (primary N) is 1. The highest BCUT2D eigenvalue weighted by Gasteiger charge is 2.11. The first-order valence-corrected chi connectivity index (χ1v) is 7.06. The largest absolute Gasteiger partial charge is 0.368 e. The summed E-state index contributed by atoms with van der Waals surface area (Å²) in [4.78, 5) is 10.4. The van der Waals surface area contributed by atoms with Gasteiger partial charge in [0.15, 0.2) is 0 Å². The van der Waals surface area contributed by atoms with Gasteiger partial charge < -0.3 is 11.1 Å². The predicted octanol–water partition coefficient (Wildman–Crippen LogP) is 3.72. The number of nitrogens with zero attached hydrogens (tertiary/aromatic N) is 2. The second-order valence-electron chi connectivity index (χ2n) is 4.32. The van der Waals surface area contributed by atoms with Crippen molar-refractivity contribution >= 4 is 39.0 Å². The van der Waals surface area contributed by atoms with Gasteiger partial charge in [-0.15, -0.1) is 11.3 Å². The van der Waals surface area contributed by atoms with Crippen LogP contribution in [0, 0.1) is 5.82 Å². The molecule has 0 radical (unpaired) electrons. The first-order chi connectivity index (χ1) is 9.67. The van der Waals surface area contributed by atoms with Crippen molar-refractivity contribution in [2.45, 2.75) is 13.3 Å². The minimum atomic E-state index is -0.330. The molecular weight excluding hydrogens is 275 g/mol. The van der Waals surface area contributed by atoms with Crippen LogP contribution < -0.4 is 11.1 Å². The zero-order valence-electron chi connectivity index (χ0n) is 10.9. The number of benzene rings is 1. The molecule has 0 amide bonds. The molecule has 0 bridgehead atoms. The third kappa shape index (κ3) is 2.30. The van der Waals surface area contributed by atoms with E-state index < -0.39 is 0 Å². The SMILES string of the molecule is CCc1cc2c(Nc3ccccc3F)nc(N)nc2s1. The van der Waals surface area contributed by atoms with Crippen molar-refractivity contribution in [1.82, 2.24) is 9.97 Å². The number of hydrogen-bond donors (Lipinski definition) is 2. The number of aromatic nitrogens is 2. The van der Waals surface area contributed by atoms with Crippen molar-refractivity contribution in [2.75, 3.05) is 11.1 Å². The van der Waals surface area contributed by atoms with E-state index in [1.165, 1.54) is 10.9 Å². The van der Waals surface area contributed by atoms with Crippen LogP contribution in [0.3, 0.4) is 0 Å². The summed E-state index contributed by atoms with van der Waals surface area (Å²) >= 11 is 1.58. The summed E-state index contributed by atoms with van der Waals surface area (Å²) < 4.78 is 13.7. The minimum Gasteiger partial charge on any atom is -0.368 e. The third-order valence-corrected chi connectivity index (χ3v) is 4.11. The number of nitrogens with one attached hydrogen (secondary N) is 1. The van der Waals surface area contributed by atoms with Crippen molar-refractivity contribution in [2.24, 2.45) is 0 Å². The molecule has 3 aromatic rings. The minimum absolute atomic E-state index is 0.181. The summed E-state index contributed by atoms with van der Waals surface area (Å²) in [5, 5.41) is 3.86. The number of nitrogen functional groups attached to an aromatic ring is 1. The maximum Gasteiger partial charge on any atom is 0.223 e. The molecule has 4 nitrogen and oxygen atoms in total. The van der Waals surface area contributed by atoms with Crippen molar-refractivity contribution in [1.29, 1.82) is 0 Å². The van der Waals surface area contributed by atoms with Crippen LogP contribution in [0.5, 0.6) is 0 Å². The van der Waals surface area contributed by atoms with Gasteiger partial charge in [0.25, 0.3) is 0 Å². The van der Waals surface area contributed by atoms with Crippen LogP contribution in [0.4, 0.5) is 21.8 Å². The first-order valence-electron chi connectivity index (χ1n) is 6.25. The molecule has 0 unspecified atom stereocenters. The molecule has 20 heavy (non-hydrogen) atoms. The van der Waals surface area contributed by atoms with Gasteiger partial charge in [-0.05, 0) is 24.6 Å². The van der Waals surface area contributed by atoms with E-state index in [9.17, 15) is 4.39 Å². The Kier molecular flexibility index (Phi) is 3.23. The van der Waals surface area contributed by atoms with Gasteiger partial charge in [0.05, 0.1) is 11.1 Å². The number of para-hydroxylation sites is 1. The lowest BCUT2D eigenvalue weighted by molar-refractivity contribution is 0.632. The Hall–Kier alpha value is -2.21. The topological polar surface area (TPSA) is 63.8 Å². The quantitative estimate of drug-likeness (QED) is 0.771. The molecule has 0 saturated carbocycles. The summed E-state index contributed by atoms with van der Waals surface area (Å²) in [6, 6.07) is 8.48. The fourth-order valence-electron chi connectivity index (χ4n) is 1.95. The summed E-state index contributed by atoms with van der Waals surface area (Å²) in [7, 11) is 0. The van der Waals surface area contributed by atoms with Gasteiger partial charge in [0.2, 0.25) is 5.95 Å². The Bertz CT molecular complexity index is 769. The molecule has 1 aromatic carbocycles. The number of rotatable bonds is 3. The van der Waals surface area contributed by atoms with Gasteiger partial charge >= 0.3 is 0 Å². The zero-order chi connectivity index (χ0) is 14.1. The Morgan fingerprint density at radius 2 is 2.10 bits per heavy atom. The molecule has 0 fully saturated rings. The van der Waals surface area contributed by atoms with E-state index in [2.05, 4.69) is 22.2 Å². The smallest absolute Gasteiger partial charge is 0.223 e. The molecule has 6 heteroatoms. The monoisotopic (exact) mass is 288 g/mol. The van der Waals surface area contributed by atoms with Gasteiger partial charge in [0, 0.05) is 4.88 Å². The third-order valence-electron chi connectivity index (χ3n) is 2.94. The molecule has 0 aliphatic carbocycles. The lowest BCUT2D eigenvalue weighted by atomic mass is 10.2. The predicted molar refractivity (Wildman–Crippen MR) is 80.9 cm³/mol. The van der Waals surface area contributed by atoms with E-state index >= 15 is 0 Å². The number of halogens is 1. The van der Waals surface area contributed by atoms with Crippen LogP contribution in [0.15, 0.2) is 30.3 Å². The average molecular weight is 288 g/mol. The van der Waals surface area contributed by atoms with E-state index in [1.54, 1.807) is 29.5 Å². The van der Waals surface area contributed by atoms with Crippen LogP contribution in [0.1, 0.15) is 11.8 Å². The molecule has 0 aliphatic heterocycles. The van der Waals surface area contributed by atoms with Crippen LogP contribution in [-0.2, 0) is 6.42 Å². The second-order valence-corrected chi connectivity index (χ2v) is 5.44. The van der Waals surface area contributed by atoms with Crippen molar-refractivity contribution < 1.29 is 4.39 Å². The normalized spacial score (nSPS) is 10.9. The van der Waals surface area contributed by atoms with Crippen LogP contribution in [-0.4, -0.2) is 9.97 Å². The molecular formula is C14H13FN4S. The van der Waals surface area contributed by atoms with Crippen LogP contribution in [0.2, 0.25) is 0 Å². The van der Waals surface area contributed by atoms with Gasteiger partial charge in [-0.3, -0.25) is 0 Å². The molecule has 0 aliphatic rings. The maximum atomic E-state index is 13.7. The van der Waals surface area contributed by atoms with E-state index in [0.29, 0.717) is 11.5 Å². The number of thiophene rings is 1. The van der Waals surface area contributed by atoms with Crippen LogP contribution >= 0.6 is 11.3 Å². The highest BCUT2D eigenvalue weighted by molar-refractivity contribution is 7.18. The molecule has 3 rings (SSSR count). The number of anilines is 3. The fourth-order valence-corrected chi connectivity index (χ4v) is 2.92. The second kappa shape index (κ2) is 5.05. The van der Waals surface area contributed by atoms with Gasteiger partial charge in [-0.1, -0.05) is 19.1 Å². The average Bonchev–Trinajstić information content (AvgIpc) is 2.84. The van der Waals surface area contributed by atoms with E-state index in [1.807, 2.05) is 6.07 Å². The van der Waals surface area contributed by atoms with Gasteiger partial charge in [-0.25, -0.2) is 9.37 Å². The maximum absolute atomic E-state index is 13.7. The fraction of sp³-hybridized carbons (Fsp3) is 0.143. The van der Waals surface area contributed by atoms with E-state index in [-0.39, 0.29) is 11.8 Å². The Morgan fingerprint density at radius 3 is 2.85 bits per heavy atom. The van der Waals surface area contributed by atoms with Crippen LogP contribution in [0.25, 0.3) is 10.2 Å². The Labute approximate surface area is 119 Å². The lowest BCUT2D eigenvalue weighted by Crippen LogP contribution is -2.01. The molecule has 102 valence electrons. The van der Waals surface area contributed by atoms with E-state index in [4.69, 9.17) is 5.73 Å². The van der Waals surface area contributed by atoms with Gasteiger partial charge in [-0.2, -0.15) is 4.98 Å². The molecule has 0 saturated heterocycles. The number of hydrogen-bond acceptors (Lipinski definition) is 5. The Balaban J connectivity index is 2.11. The molecule has 0 spiro atoms. The van der Waals surface area contributed by atoms with Gasteiger partial charge in [0.1, 0.15) is 16.5 Å². The number of aryl methyl sites for hydroxylation is 1. The molecule has 3 N–H and O–H groups in total. The number of fused-ring (bicyclic) bond motifs is 1. The summed E-state index contributed by atoms with van der Waals surface area (Å²) in [5.74, 6) is 0.387.